The van der Waals surface area contributed by atoms with Gasteiger partial charge in [-0.3, -0.25) is 9.89 Å². The summed E-state index contributed by atoms with van der Waals surface area (Å²) in [5, 5.41) is 9.39. The highest BCUT2D eigenvalue weighted by Crippen LogP contribution is 2.38. The van der Waals surface area contributed by atoms with Crippen LogP contribution in [0.25, 0.3) is 32.9 Å². The standard InChI is InChI=1S/C20H18ClN5O/c1-26-8-11(9-26)10-2-5-16-13(6-10)17(18(22)20(27)24-16)12-3-4-15(21)19-14(12)7-23-25-19/h2-7,11H,8-9,22H2,1H3,(H,23,25)(H,24,27). The van der Waals surface area contributed by atoms with E-state index in [9.17, 15) is 4.79 Å². The largest absolute Gasteiger partial charge is 0.394 e. The van der Waals surface area contributed by atoms with E-state index in [1.54, 1.807) is 12.3 Å². The molecule has 2 aromatic heterocycles. The van der Waals surface area contributed by atoms with Crippen LogP contribution in [0.5, 0.6) is 0 Å². The molecular weight excluding hydrogens is 362 g/mol. The fraction of sp³-hybridized carbons (Fsp3) is 0.200. The zero-order valence-corrected chi connectivity index (χ0v) is 15.5. The van der Waals surface area contributed by atoms with E-state index in [1.807, 2.05) is 12.1 Å². The van der Waals surface area contributed by atoms with E-state index >= 15 is 0 Å². The van der Waals surface area contributed by atoms with Gasteiger partial charge in [-0.2, -0.15) is 5.10 Å². The van der Waals surface area contributed by atoms with Crippen molar-refractivity contribution >= 4 is 39.1 Å². The van der Waals surface area contributed by atoms with Crippen molar-refractivity contribution in [2.24, 2.45) is 0 Å². The maximum Gasteiger partial charge on any atom is 0.272 e. The number of pyridine rings is 1. The number of benzene rings is 2. The molecule has 1 aliphatic heterocycles. The van der Waals surface area contributed by atoms with Gasteiger partial charge in [0.2, 0.25) is 0 Å². The minimum Gasteiger partial charge on any atom is -0.394 e. The number of rotatable bonds is 2. The molecule has 27 heavy (non-hydrogen) atoms. The van der Waals surface area contributed by atoms with Crippen LogP contribution in [0, 0.1) is 0 Å². The van der Waals surface area contributed by atoms with Gasteiger partial charge < -0.3 is 15.6 Å². The predicted octanol–water partition coefficient (Wildman–Crippen LogP) is 3.34. The second-order valence-corrected chi connectivity index (χ2v) is 7.63. The number of nitrogens with one attached hydrogen (secondary N) is 2. The van der Waals surface area contributed by atoms with Crippen molar-refractivity contribution in [2.75, 3.05) is 25.9 Å². The van der Waals surface area contributed by atoms with Gasteiger partial charge in [0.15, 0.2) is 0 Å². The summed E-state index contributed by atoms with van der Waals surface area (Å²) in [6.07, 6.45) is 1.72. The minimum atomic E-state index is -0.291. The van der Waals surface area contributed by atoms with Crippen molar-refractivity contribution in [2.45, 2.75) is 5.92 Å². The van der Waals surface area contributed by atoms with Gasteiger partial charge in [-0.25, -0.2) is 0 Å². The van der Waals surface area contributed by atoms with Gasteiger partial charge in [-0.1, -0.05) is 23.7 Å². The Morgan fingerprint density at radius 2 is 2.04 bits per heavy atom. The number of nitrogen functional groups attached to an aromatic ring is 1. The van der Waals surface area contributed by atoms with E-state index in [0.29, 0.717) is 10.9 Å². The Morgan fingerprint density at radius 1 is 1.22 bits per heavy atom. The second-order valence-electron chi connectivity index (χ2n) is 7.22. The van der Waals surface area contributed by atoms with E-state index in [2.05, 4.69) is 39.3 Å². The number of H-pyrrole nitrogens is 2. The topological polar surface area (TPSA) is 90.8 Å². The van der Waals surface area contributed by atoms with Gasteiger partial charge in [0.25, 0.3) is 5.56 Å². The average Bonchev–Trinajstić information content (AvgIpc) is 3.12. The first-order chi connectivity index (χ1) is 13.0. The SMILES string of the molecule is CN1CC(c2ccc3[nH]c(=O)c(N)c(-c4ccc(Cl)c5[nH]ncc45)c3c2)C1. The van der Waals surface area contributed by atoms with Gasteiger partial charge in [-0.15, -0.1) is 0 Å². The molecular formula is C20H18ClN5O. The molecule has 0 radical (unpaired) electrons. The van der Waals surface area contributed by atoms with E-state index < -0.39 is 0 Å². The number of anilines is 1. The summed E-state index contributed by atoms with van der Waals surface area (Å²) < 4.78 is 0. The van der Waals surface area contributed by atoms with Crippen molar-refractivity contribution in [1.29, 1.82) is 0 Å². The van der Waals surface area contributed by atoms with E-state index in [1.165, 1.54) is 5.56 Å². The van der Waals surface area contributed by atoms with Crippen LogP contribution in [0.1, 0.15) is 11.5 Å². The van der Waals surface area contributed by atoms with Crippen LogP contribution in [0.15, 0.2) is 41.3 Å². The third kappa shape index (κ3) is 2.44. The first-order valence-electron chi connectivity index (χ1n) is 8.79. The quantitative estimate of drug-likeness (QED) is 0.498. The molecule has 2 aromatic carbocycles. The molecule has 0 atom stereocenters. The highest BCUT2D eigenvalue weighted by atomic mass is 35.5. The Balaban J connectivity index is 1.82. The third-order valence-electron chi connectivity index (χ3n) is 5.44. The van der Waals surface area contributed by atoms with Crippen LogP contribution in [0.2, 0.25) is 5.02 Å². The molecule has 0 unspecified atom stereocenters. The number of fused-ring (bicyclic) bond motifs is 2. The fourth-order valence-corrected chi connectivity index (χ4v) is 4.21. The van der Waals surface area contributed by atoms with Crippen LogP contribution in [-0.4, -0.2) is 40.2 Å². The molecule has 0 aliphatic carbocycles. The molecule has 1 saturated heterocycles. The summed E-state index contributed by atoms with van der Waals surface area (Å²) in [6, 6.07) is 9.90. The molecule has 5 rings (SSSR count). The Morgan fingerprint density at radius 3 is 2.81 bits per heavy atom. The zero-order chi connectivity index (χ0) is 18.7. The number of likely N-dealkylation sites (N-methyl/N-ethyl adjacent to an activating group) is 1. The van der Waals surface area contributed by atoms with E-state index in [-0.39, 0.29) is 11.2 Å². The Kier molecular flexibility index (Phi) is 3.54. The molecule has 1 aliphatic rings. The summed E-state index contributed by atoms with van der Waals surface area (Å²) in [4.78, 5) is 17.6. The van der Waals surface area contributed by atoms with Crippen molar-refractivity contribution in [1.82, 2.24) is 20.1 Å². The number of nitrogens with zero attached hydrogens (tertiary/aromatic N) is 2. The summed E-state index contributed by atoms with van der Waals surface area (Å²) in [7, 11) is 2.11. The Labute approximate surface area is 159 Å². The van der Waals surface area contributed by atoms with Gasteiger partial charge in [-0.05, 0) is 36.4 Å². The third-order valence-corrected chi connectivity index (χ3v) is 5.76. The van der Waals surface area contributed by atoms with E-state index in [0.717, 1.165) is 46.0 Å². The first-order valence-corrected chi connectivity index (χ1v) is 9.16. The lowest BCUT2D eigenvalue weighted by Gasteiger charge is -2.36. The molecule has 4 aromatic rings. The van der Waals surface area contributed by atoms with Crippen LogP contribution in [-0.2, 0) is 0 Å². The smallest absolute Gasteiger partial charge is 0.272 e. The fourth-order valence-electron chi connectivity index (χ4n) is 4.00. The molecule has 3 heterocycles. The van der Waals surface area contributed by atoms with Crippen LogP contribution >= 0.6 is 11.6 Å². The van der Waals surface area contributed by atoms with Gasteiger partial charge in [0.05, 0.1) is 16.7 Å². The zero-order valence-electron chi connectivity index (χ0n) is 14.7. The molecule has 1 fully saturated rings. The Bertz CT molecular complexity index is 1250. The maximum atomic E-state index is 12.5. The number of halogens is 1. The van der Waals surface area contributed by atoms with Crippen molar-refractivity contribution in [3.63, 3.8) is 0 Å². The average molecular weight is 380 g/mol. The van der Waals surface area contributed by atoms with Gasteiger partial charge in [0, 0.05) is 40.9 Å². The minimum absolute atomic E-state index is 0.204. The predicted molar refractivity (Wildman–Crippen MR) is 109 cm³/mol. The monoisotopic (exact) mass is 379 g/mol. The summed E-state index contributed by atoms with van der Waals surface area (Å²) in [5.74, 6) is 0.500. The second kappa shape index (κ2) is 5.84. The summed E-state index contributed by atoms with van der Waals surface area (Å²) >= 11 is 6.28. The van der Waals surface area contributed by atoms with Crippen LogP contribution in [0.4, 0.5) is 5.69 Å². The van der Waals surface area contributed by atoms with Crippen LogP contribution in [0.3, 0.4) is 0 Å². The highest BCUT2D eigenvalue weighted by molar-refractivity contribution is 6.35. The summed E-state index contributed by atoms with van der Waals surface area (Å²) in [5.41, 5.74) is 10.5. The van der Waals surface area contributed by atoms with Gasteiger partial charge >= 0.3 is 0 Å². The lowest BCUT2D eigenvalue weighted by atomic mass is 9.89. The number of aromatic amines is 2. The molecule has 6 nitrogen and oxygen atoms in total. The van der Waals surface area contributed by atoms with Crippen LogP contribution < -0.4 is 11.3 Å². The van der Waals surface area contributed by atoms with Gasteiger partial charge in [0.1, 0.15) is 5.69 Å². The molecule has 0 saturated carbocycles. The molecule has 0 spiro atoms. The molecule has 0 bridgehead atoms. The number of hydrogen-bond acceptors (Lipinski definition) is 4. The lowest BCUT2D eigenvalue weighted by molar-refractivity contribution is 0.190. The normalized spacial score (nSPS) is 15.5. The van der Waals surface area contributed by atoms with E-state index in [4.69, 9.17) is 17.3 Å². The van der Waals surface area contributed by atoms with Crippen molar-refractivity contribution in [3.8, 4) is 11.1 Å². The molecule has 7 heteroatoms. The Hall–Kier alpha value is -2.83. The molecule has 4 N–H and O–H groups in total. The summed E-state index contributed by atoms with van der Waals surface area (Å²) in [6.45, 7) is 2.07. The molecule has 0 amide bonds. The number of nitrogens with two attached hydrogens (primary N) is 1. The maximum absolute atomic E-state index is 12.5. The highest BCUT2D eigenvalue weighted by Gasteiger charge is 2.25. The van der Waals surface area contributed by atoms with Crippen molar-refractivity contribution < 1.29 is 0 Å². The molecule has 136 valence electrons. The van der Waals surface area contributed by atoms with Crippen molar-refractivity contribution in [3.05, 3.63) is 57.5 Å². The first kappa shape index (κ1) is 16.4. The number of likely N-dealkylation sites (tertiary alicyclic amines) is 1. The number of hydrogen-bond donors (Lipinski definition) is 3. The lowest BCUT2D eigenvalue weighted by Crippen LogP contribution is -2.41. The number of aromatic nitrogens is 3.